The van der Waals surface area contributed by atoms with Gasteiger partial charge in [0, 0.05) is 0 Å². The highest BCUT2D eigenvalue weighted by Crippen LogP contribution is 2.16. The Bertz CT molecular complexity index is 979. The van der Waals surface area contributed by atoms with Crippen molar-refractivity contribution in [1.82, 2.24) is 35.0 Å². The molecule has 2 aromatic carbocycles. The monoisotopic (exact) mass is 347 g/mol. The fourth-order valence-corrected chi connectivity index (χ4v) is 2.36. The van der Waals surface area contributed by atoms with Crippen molar-refractivity contribution in [2.75, 3.05) is 0 Å². The summed E-state index contributed by atoms with van der Waals surface area (Å²) in [5.74, 6) is 0.0194. The largest absolute Gasteiger partial charge is 0.423 e. The molecule has 0 bridgehead atoms. The van der Waals surface area contributed by atoms with Crippen molar-refractivity contribution in [2.24, 2.45) is 0 Å². The molecule has 2 aromatic heterocycles. The summed E-state index contributed by atoms with van der Waals surface area (Å²) in [4.78, 5) is 16.2. The van der Waals surface area contributed by atoms with E-state index in [0.29, 0.717) is 17.9 Å². The van der Waals surface area contributed by atoms with Gasteiger partial charge in [-0.1, -0.05) is 12.1 Å². The van der Waals surface area contributed by atoms with Gasteiger partial charge in [-0.3, -0.25) is 0 Å². The maximum atomic E-state index is 12.3. The van der Waals surface area contributed by atoms with Gasteiger partial charge in [0.15, 0.2) is 0 Å². The van der Waals surface area contributed by atoms with Crippen molar-refractivity contribution in [3.63, 3.8) is 0 Å². The zero-order valence-electron chi connectivity index (χ0n) is 13.5. The van der Waals surface area contributed by atoms with Crippen molar-refractivity contribution < 1.29 is 9.53 Å². The Kier molecular flexibility index (Phi) is 4.17. The second-order valence-corrected chi connectivity index (χ2v) is 5.43. The van der Waals surface area contributed by atoms with Gasteiger partial charge in [-0.15, -0.1) is 5.10 Å². The molecule has 0 spiro atoms. The Labute approximate surface area is 147 Å². The van der Waals surface area contributed by atoms with E-state index in [9.17, 15) is 4.79 Å². The Morgan fingerprint density at radius 1 is 1.00 bits per heavy atom. The Hall–Kier alpha value is -3.88. The summed E-state index contributed by atoms with van der Waals surface area (Å²) in [7, 11) is 0. The number of nitrogens with zero attached hydrogens (tertiary/aromatic N) is 7. The molecule has 2 heterocycles. The molecule has 26 heavy (non-hydrogen) atoms. The van der Waals surface area contributed by atoms with E-state index in [1.165, 1.54) is 17.3 Å². The predicted molar refractivity (Wildman–Crippen MR) is 89.7 cm³/mol. The number of hydrogen-bond acceptors (Lipinski definition) is 7. The van der Waals surface area contributed by atoms with E-state index in [-0.39, 0.29) is 0 Å². The zero-order valence-corrected chi connectivity index (χ0v) is 13.5. The van der Waals surface area contributed by atoms with E-state index in [2.05, 4.69) is 25.6 Å². The summed E-state index contributed by atoms with van der Waals surface area (Å²) in [5.41, 5.74) is 2.25. The number of tetrazole rings is 1. The molecule has 0 fully saturated rings. The van der Waals surface area contributed by atoms with E-state index in [1.54, 1.807) is 47.4 Å². The van der Waals surface area contributed by atoms with Crippen molar-refractivity contribution in [3.8, 4) is 11.4 Å². The standard InChI is InChI=1S/C17H13N7O2/c25-17(14-3-1-13(2-4-14)9-23-11-18-10-20-23)26-16-7-5-15(6-8-16)24-12-19-21-22-24/h1-8,10-12H,9H2. The molecular weight excluding hydrogens is 334 g/mol. The molecule has 0 amide bonds. The van der Waals surface area contributed by atoms with Crippen LogP contribution in [-0.2, 0) is 6.54 Å². The third-order valence-electron chi connectivity index (χ3n) is 3.66. The van der Waals surface area contributed by atoms with Crippen molar-refractivity contribution in [2.45, 2.75) is 6.54 Å². The Morgan fingerprint density at radius 3 is 2.46 bits per heavy atom. The molecule has 0 radical (unpaired) electrons. The zero-order chi connectivity index (χ0) is 17.8. The van der Waals surface area contributed by atoms with Crippen molar-refractivity contribution in [3.05, 3.63) is 78.6 Å². The quantitative estimate of drug-likeness (QED) is 0.398. The maximum absolute atomic E-state index is 12.3. The van der Waals surface area contributed by atoms with Crippen LogP contribution >= 0.6 is 0 Å². The summed E-state index contributed by atoms with van der Waals surface area (Å²) in [5, 5.41) is 15.0. The van der Waals surface area contributed by atoms with Gasteiger partial charge in [0.2, 0.25) is 0 Å². The number of carbonyl (C=O) groups excluding carboxylic acids is 1. The molecule has 0 aliphatic heterocycles. The first-order valence-corrected chi connectivity index (χ1v) is 7.75. The number of carbonyl (C=O) groups is 1. The Balaban J connectivity index is 1.41. The highest BCUT2D eigenvalue weighted by Gasteiger charge is 2.09. The first-order valence-electron chi connectivity index (χ1n) is 7.75. The smallest absolute Gasteiger partial charge is 0.343 e. The van der Waals surface area contributed by atoms with Crippen LogP contribution in [0.25, 0.3) is 5.69 Å². The van der Waals surface area contributed by atoms with Crippen molar-refractivity contribution in [1.29, 1.82) is 0 Å². The van der Waals surface area contributed by atoms with Crippen LogP contribution in [0.5, 0.6) is 5.75 Å². The van der Waals surface area contributed by atoms with E-state index >= 15 is 0 Å². The summed E-state index contributed by atoms with van der Waals surface area (Å²) in [6.45, 7) is 0.591. The van der Waals surface area contributed by atoms with Crippen LogP contribution in [-0.4, -0.2) is 40.9 Å². The van der Waals surface area contributed by atoms with Gasteiger partial charge in [-0.2, -0.15) is 5.10 Å². The third-order valence-corrected chi connectivity index (χ3v) is 3.66. The Morgan fingerprint density at radius 2 is 1.81 bits per heavy atom. The normalized spacial score (nSPS) is 10.6. The molecule has 4 rings (SSSR count). The SMILES string of the molecule is O=C(Oc1ccc(-n2cnnn2)cc1)c1ccc(Cn2cncn2)cc1. The number of ether oxygens (including phenoxy) is 1. The summed E-state index contributed by atoms with van der Waals surface area (Å²) >= 11 is 0. The van der Waals surface area contributed by atoms with E-state index in [0.717, 1.165) is 11.3 Å². The molecule has 0 unspecified atom stereocenters. The molecule has 0 saturated carbocycles. The van der Waals surface area contributed by atoms with Crippen LogP contribution in [0.4, 0.5) is 0 Å². The van der Waals surface area contributed by atoms with Gasteiger partial charge < -0.3 is 4.74 Å². The van der Waals surface area contributed by atoms with Crippen LogP contribution in [0.1, 0.15) is 15.9 Å². The highest BCUT2D eigenvalue weighted by molar-refractivity contribution is 5.91. The van der Waals surface area contributed by atoms with Gasteiger partial charge in [0.05, 0.1) is 17.8 Å². The molecule has 0 aliphatic rings. The predicted octanol–water partition coefficient (Wildman–Crippen LogP) is 1.52. The summed E-state index contributed by atoms with van der Waals surface area (Å²) in [6.07, 6.45) is 4.61. The van der Waals surface area contributed by atoms with E-state index < -0.39 is 5.97 Å². The lowest BCUT2D eigenvalue weighted by atomic mass is 10.1. The summed E-state index contributed by atoms with van der Waals surface area (Å²) in [6, 6.07) is 14.1. The highest BCUT2D eigenvalue weighted by atomic mass is 16.5. The van der Waals surface area contributed by atoms with Gasteiger partial charge in [0.25, 0.3) is 0 Å². The average molecular weight is 347 g/mol. The molecule has 9 nitrogen and oxygen atoms in total. The number of benzene rings is 2. The first kappa shape index (κ1) is 15.6. The second kappa shape index (κ2) is 6.93. The minimum Gasteiger partial charge on any atom is -0.423 e. The van der Waals surface area contributed by atoms with Crippen LogP contribution in [0, 0.1) is 0 Å². The van der Waals surface area contributed by atoms with Gasteiger partial charge in [-0.05, 0) is 52.4 Å². The molecular formula is C17H13N7O2. The lowest BCUT2D eigenvalue weighted by Crippen LogP contribution is -2.09. The van der Waals surface area contributed by atoms with Gasteiger partial charge in [-0.25, -0.2) is 19.1 Å². The molecule has 9 heteroatoms. The minimum atomic E-state index is -0.424. The molecule has 4 aromatic rings. The van der Waals surface area contributed by atoms with Crippen LogP contribution in [0.2, 0.25) is 0 Å². The van der Waals surface area contributed by atoms with Crippen LogP contribution in [0.15, 0.2) is 67.5 Å². The first-order chi connectivity index (χ1) is 12.8. The molecule has 0 atom stereocenters. The maximum Gasteiger partial charge on any atom is 0.343 e. The molecule has 0 N–H and O–H groups in total. The van der Waals surface area contributed by atoms with E-state index in [4.69, 9.17) is 4.74 Å². The van der Waals surface area contributed by atoms with Crippen LogP contribution < -0.4 is 4.74 Å². The number of aromatic nitrogens is 7. The lowest BCUT2D eigenvalue weighted by Gasteiger charge is -2.06. The van der Waals surface area contributed by atoms with Crippen molar-refractivity contribution >= 4 is 5.97 Å². The topological polar surface area (TPSA) is 101 Å². The second-order valence-electron chi connectivity index (χ2n) is 5.43. The molecule has 0 aliphatic carbocycles. The third kappa shape index (κ3) is 3.46. The fourth-order valence-electron chi connectivity index (χ4n) is 2.36. The average Bonchev–Trinajstić information content (AvgIpc) is 3.37. The van der Waals surface area contributed by atoms with Gasteiger partial charge in [0.1, 0.15) is 24.7 Å². The van der Waals surface area contributed by atoms with Crippen LogP contribution in [0.3, 0.4) is 0 Å². The number of rotatable bonds is 5. The number of esters is 1. The lowest BCUT2D eigenvalue weighted by molar-refractivity contribution is 0.0734. The van der Waals surface area contributed by atoms with Gasteiger partial charge >= 0.3 is 5.97 Å². The molecule has 128 valence electrons. The number of hydrogen-bond donors (Lipinski definition) is 0. The van der Waals surface area contributed by atoms with E-state index in [1.807, 2.05) is 12.1 Å². The summed E-state index contributed by atoms with van der Waals surface area (Å²) < 4.78 is 8.61. The molecule has 0 saturated heterocycles. The minimum absolute atomic E-state index is 0.424. The fraction of sp³-hybridized carbons (Fsp3) is 0.0588.